The van der Waals surface area contributed by atoms with Gasteiger partial charge in [0.2, 0.25) is 0 Å². The molecule has 1 atom stereocenters. The van der Waals surface area contributed by atoms with Crippen LogP contribution in [0.2, 0.25) is 0 Å². The highest BCUT2D eigenvalue weighted by Gasteiger charge is 2.31. The van der Waals surface area contributed by atoms with Crippen molar-refractivity contribution < 1.29 is 0 Å². The van der Waals surface area contributed by atoms with Crippen molar-refractivity contribution in [2.24, 2.45) is 0 Å². The van der Waals surface area contributed by atoms with Crippen molar-refractivity contribution in [1.29, 1.82) is 0 Å². The maximum absolute atomic E-state index is 4.62. The minimum absolute atomic E-state index is 0.542. The molecule has 2 saturated carbocycles. The molecule has 1 unspecified atom stereocenters. The van der Waals surface area contributed by atoms with E-state index in [1.165, 1.54) is 36.9 Å². The summed E-state index contributed by atoms with van der Waals surface area (Å²) in [5, 5.41) is 8.24. The van der Waals surface area contributed by atoms with Crippen molar-refractivity contribution in [3.05, 3.63) is 17.5 Å². The van der Waals surface area contributed by atoms with E-state index in [4.69, 9.17) is 0 Å². The molecule has 2 aliphatic carbocycles. The molecule has 1 aromatic heterocycles. The van der Waals surface area contributed by atoms with E-state index in [0.717, 1.165) is 24.9 Å². The summed E-state index contributed by atoms with van der Waals surface area (Å²) in [4.78, 5) is 0. The van der Waals surface area contributed by atoms with Crippen LogP contribution in [0.1, 0.15) is 69.2 Å². The number of nitrogens with one attached hydrogen (secondary N) is 1. The SMILES string of the molecule is CCC(C)n1ncc(CNC2CC2)c1C1CC1. The number of aromatic nitrogens is 2. The molecule has 1 heterocycles. The second kappa shape index (κ2) is 4.45. The molecule has 17 heavy (non-hydrogen) atoms. The van der Waals surface area contributed by atoms with Crippen molar-refractivity contribution >= 4 is 0 Å². The minimum atomic E-state index is 0.542. The molecular weight excluding hydrogens is 210 g/mol. The molecular formula is C14H23N3. The fourth-order valence-corrected chi connectivity index (χ4v) is 2.42. The summed E-state index contributed by atoms with van der Waals surface area (Å²) in [6, 6.07) is 1.33. The third kappa shape index (κ3) is 2.39. The average Bonchev–Trinajstić information content (AvgIpc) is 3.25. The van der Waals surface area contributed by atoms with E-state index in [0.29, 0.717) is 6.04 Å². The van der Waals surface area contributed by atoms with E-state index in [2.05, 4.69) is 35.1 Å². The average molecular weight is 233 g/mol. The van der Waals surface area contributed by atoms with Crippen LogP contribution in [0.4, 0.5) is 0 Å². The molecule has 3 nitrogen and oxygen atoms in total. The predicted molar refractivity (Wildman–Crippen MR) is 69.1 cm³/mol. The quantitative estimate of drug-likeness (QED) is 0.818. The number of rotatable bonds is 6. The molecule has 1 N–H and O–H groups in total. The summed E-state index contributed by atoms with van der Waals surface area (Å²) < 4.78 is 2.28. The second-order valence-electron chi connectivity index (χ2n) is 5.69. The molecule has 1 aromatic rings. The molecule has 0 spiro atoms. The summed E-state index contributed by atoms with van der Waals surface area (Å²) in [5.41, 5.74) is 2.97. The zero-order valence-electron chi connectivity index (χ0n) is 10.9. The zero-order valence-corrected chi connectivity index (χ0v) is 10.9. The van der Waals surface area contributed by atoms with Crippen LogP contribution in [0.25, 0.3) is 0 Å². The smallest absolute Gasteiger partial charge is 0.0537 e. The van der Waals surface area contributed by atoms with Crippen LogP contribution in [-0.2, 0) is 6.54 Å². The van der Waals surface area contributed by atoms with Crippen LogP contribution in [0.5, 0.6) is 0 Å². The third-order valence-electron chi connectivity index (χ3n) is 4.04. The fourth-order valence-electron chi connectivity index (χ4n) is 2.42. The normalized spacial score (nSPS) is 21.8. The Morgan fingerprint density at radius 3 is 2.76 bits per heavy atom. The predicted octanol–water partition coefficient (Wildman–Crippen LogP) is 2.98. The molecule has 0 radical (unpaired) electrons. The highest BCUT2D eigenvalue weighted by Crippen LogP contribution is 2.42. The Bertz CT molecular complexity index is 388. The molecule has 0 saturated heterocycles. The van der Waals surface area contributed by atoms with E-state index in [-0.39, 0.29) is 0 Å². The van der Waals surface area contributed by atoms with E-state index in [1.807, 2.05) is 0 Å². The van der Waals surface area contributed by atoms with Crippen LogP contribution in [0.3, 0.4) is 0 Å². The van der Waals surface area contributed by atoms with E-state index in [9.17, 15) is 0 Å². The Kier molecular flexibility index (Phi) is 2.95. The lowest BCUT2D eigenvalue weighted by atomic mass is 10.1. The summed E-state index contributed by atoms with van der Waals surface area (Å²) in [6.07, 6.45) is 8.69. The summed E-state index contributed by atoms with van der Waals surface area (Å²) in [5.74, 6) is 0.794. The van der Waals surface area contributed by atoms with Crippen LogP contribution in [0, 0.1) is 0 Å². The molecule has 0 aliphatic heterocycles. The van der Waals surface area contributed by atoms with Crippen molar-refractivity contribution in [2.45, 2.75) is 70.5 Å². The lowest BCUT2D eigenvalue weighted by molar-refractivity contribution is 0.459. The van der Waals surface area contributed by atoms with Crippen molar-refractivity contribution in [2.75, 3.05) is 0 Å². The molecule has 2 fully saturated rings. The number of hydrogen-bond acceptors (Lipinski definition) is 2. The van der Waals surface area contributed by atoms with E-state index >= 15 is 0 Å². The van der Waals surface area contributed by atoms with E-state index in [1.54, 1.807) is 0 Å². The first-order chi connectivity index (χ1) is 8.29. The topological polar surface area (TPSA) is 29.9 Å². The Morgan fingerprint density at radius 2 is 2.18 bits per heavy atom. The Labute approximate surface area is 104 Å². The lowest BCUT2D eigenvalue weighted by Gasteiger charge is -2.14. The Hall–Kier alpha value is -0.830. The maximum atomic E-state index is 4.62. The first kappa shape index (κ1) is 11.3. The standard InChI is InChI=1S/C14H23N3/c1-3-10(2)17-14(11-4-5-11)12(9-16-17)8-15-13-6-7-13/h9-11,13,15H,3-8H2,1-2H3. The third-order valence-corrected chi connectivity index (χ3v) is 4.04. The monoisotopic (exact) mass is 233 g/mol. The molecule has 3 heteroatoms. The summed E-state index contributed by atoms with van der Waals surface area (Å²) in [6.45, 7) is 5.54. The van der Waals surface area contributed by atoms with Gasteiger partial charge in [0.1, 0.15) is 0 Å². The maximum Gasteiger partial charge on any atom is 0.0537 e. The second-order valence-corrected chi connectivity index (χ2v) is 5.69. The first-order valence-corrected chi connectivity index (χ1v) is 7.09. The lowest BCUT2D eigenvalue weighted by Crippen LogP contribution is -2.17. The molecule has 3 rings (SSSR count). The summed E-state index contributed by atoms with van der Waals surface area (Å²) >= 11 is 0. The van der Waals surface area contributed by atoms with Gasteiger partial charge in [-0.15, -0.1) is 0 Å². The van der Waals surface area contributed by atoms with Gasteiger partial charge in [0.05, 0.1) is 6.20 Å². The minimum Gasteiger partial charge on any atom is -0.310 e. The fraction of sp³-hybridized carbons (Fsp3) is 0.786. The number of hydrogen-bond donors (Lipinski definition) is 1. The van der Waals surface area contributed by atoms with Gasteiger partial charge in [-0.25, -0.2) is 0 Å². The molecule has 0 amide bonds. The van der Waals surface area contributed by atoms with Gasteiger partial charge >= 0.3 is 0 Å². The highest BCUT2D eigenvalue weighted by atomic mass is 15.3. The zero-order chi connectivity index (χ0) is 11.8. The molecule has 94 valence electrons. The van der Waals surface area contributed by atoms with Crippen molar-refractivity contribution in [3.8, 4) is 0 Å². The largest absolute Gasteiger partial charge is 0.310 e. The first-order valence-electron chi connectivity index (χ1n) is 7.09. The van der Waals surface area contributed by atoms with Crippen molar-refractivity contribution in [3.63, 3.8) is 0 Å². The molecule has 2 aliphatic rings. The molecule has 0 bridgehead atoms. The van der Waals surface area contributed by atoms with Gasteiger partial charge in [0.25, 0.3) is 0 Å². The van der Waals surface area contributed by atoms with Crippen LogP contribution < -0.4 is 5.32 Å². The molecule has 0 aromatic carbocycles. The van der Waals surface area contributed by atoms with Gasteiger partial charge in [-0.1, -0.05) is 6.92 Å². The Balaban J connectivity index is 1.78. The van der Waals surface area contributed by atoms with Crippen LogP contribution in [-0.4, -0.2) is 15.8 Å². The van der Waals surface area contributed by atoms with E-state index < -0.39 is 0 Å². The van der Waals surface area contributed by atoms with Gasteiger partial charge in [-0.3, -0.25) is 4.68 Å². The van der Waals surface area contributed by atoms with Crippen LogP contribution in [0.15, 0.2) is 6.20 Å². The Morgan fingerprint density at radius 1 is 1.41 bits per heavy atom. The van der Waals surface area contributed by atoms with Gasteiger partial charge in [-0.05, 0) is 39.0 Å². The number of nitrogens with zero attached hydrogens (tertiary/aromatic N) is 2. The summed E-state index contributed by atoms with van der Waals surface area (Å²) in [7, 11) is 0. The van der Waals surface area contributed by atoms with Crippen molar-refractivity contribution in [1.82, 2.24) is 15.1 Å². The van der Waals surface area contributed by atoms with Gasteiger partial charge in [-0.2, -0.15) is 5.10 Å². The highest BCUT2D eigenvalue weighted by molar-refractivity contribution is 5.26. The van der Waals surface area contributed by atoms with Gasteiger partial charge in [0.15, 0.2) is 0 Å². The van der Waals surface area contributed by atoms with Gasteiger partial charge < -0.3 is 5.32 Å². The van der Waals surface area contributed by atoms with Gasteiger partial charge in [0, 0.05) is 35.8 Å². The van der Waals surface area contributed by atoms with Crippen LogP contribution >= 0.6 is 0 Å².